The lowest BCUT2D eigenvalue weighted by molar-refractivity contribution is 0.0891. The highest BCUT2D eigenvalue weighted by molar-refractivity contribution is 7.10. The van der Waals surface area contributed by atoms with E-state index >= 15 is 0 Å². The van der Waals surface area contributed by atoms with Gasteiger partial charge in [0.15, 0.2) is 5.78 Å². The lowest BCUT2D eigenvalue weighted by Gasteiger charge is -2.32. The number of carbonyl (C=O) groups excluding carboxylic acids is 1. The summed E-state index contributed by atoms with van der Waals surface area (Å²) in [5.74, 6) is 0.214. The van der Waals surface area contributed by atoms with Gasteiger partial charge >= 0.3 is 0 Å². The quantitative estimate of drug-likeness (QED) is 0.804. The Morgan fingerprint density at radius 3 is 3.05 bits per heavy atom. The molecule has 0 aromatic carbocycles. The van der Waals surface area contributed by atoms with Gasteiger partial charge in [-0.2, -0.15) is 0 Å². The highest BCUT2D eigenvalue weighted by atomic mass is 32.1. The molecule has 0 fully saturated rings. The maximum absolute atomic E-state index is 12.3. The van der Waals surface area contributed by atoms with Crippen LogP contribution in [0.1, 0.15) is 33.8 Å². The van der Waals surface area contributed by atoms with Gasteiger partial charge in [0.1, 0.15) is 0 Å². The molecule has 0 bridgehead atoms. The number of hydrogen-bond acceptors (Lipinski definition) is 3. The third kappa shape index (κ3) is 2.38. The maximum Gasteiger partial charge on any atom is 0.178 e. The normalized spacial score (nSPS) is 19.4. The Balaban J connectivity index is 1.73. The van der Waals surface area contributed by atoms with Crippen LogP contribution in [0.25, 0.3) is 0 Å². The van der Waals surface area contributed by atoms with Crippen molar-refractivity contribution in [3.63, 3.8) is 0 Å². The first-order chi connectivity index (χ1) is 9.15. The number of fused-ring (bicyclic) bond motifs is 1. The summed E-state index contributed by atoms with van der Waals surface area (Å²) in [6.45, 7) is 3.69. The summed E-state index contributed by atoms with van der Waals surface area (Å²) >= 11 is 1.83. The first kappa shape index (κ1) is 12.6. The minimum absolute atomic E-state index is 0.214. The largest absolute Gasteiger partial charge is 0.357 e. The van der Waals surface area contributed by atoms with Crippen molar-refractivity contribution >= 4 is 17.1 Å². The fourth-order valence-electron chi connectivity index (χ4n) is 2.72. The fourth-order valence-corrected chi connectivity index (χ4v) is 3.68. The Kier molecular flexibility index (Phi) is 3.29. The molecule has 3 rings (SSSR count). The Morgan fingerprint density at radius 1 is 1.47 bits per heavy atom. The van der Waals surface area contributed by atoms with E-state index < -0.39 is 0 Å². The maximum atomic E-state index is 12.3. The number of aryl methyl sites for hydroxylation is 1. The van der Waals surface area contributed by atoms with Crippen LogP contribution in [0.5, 0.6) is 0 Å². The number of thiophene rings is 1. The molecule has 0 saturated carbocycles. The zero-order valence-electron chi connectivity index (χ0n) is 11.3. The van der Waals surface area contributed by atoms with Gasteiger partial charge in [-0.15, -0.1) is 11.3 Å². The molecule has 19 heavy (non-hydrogen) atoms. The molecule has 0 aliphatic carbocycles. The molecule has 3 nitrogen and oxygen atoms in total. The Bertz CT molecular complexity index is 599. The van der Waals surface area contributed by atoms with Crippen LogP contribution in [0.4, 0.5) is 0 Å². The number of ketones is 1. The van der Waals surface area contributed by atoms with Crippen molar-refractivity contribution in [1.29, 1.82) is 0 Å². The zero-order chi connectivity index (χ0) is 13.4. The first-order valence-electron chi connectivity index (χ1n) is 6.60. The molecule has 0 spiro atoms. The fraction of sp³-hybridized carbons (Fsp3) is 0.400. The molecule has 0 N–H and O–H groups in total. The lowest BCUT2D eigenvalue weighted by atomic mass is 10.0. The van der Waals surface area contributed by atoms with E-state index in [9.17, 15) is 4.79 Å². The van der Waals surface area contributed by atoms with Crippen LogP contribution in [0, 0.1) is 0 Å². The van der Waals surface area contributed by atoms with Crippen molar-refractivity contribution in [2.24, 2.45) is 7.05 Å². The summed E-state index contributed by atoms with van der Waals surface area (Å²) in [6, 6.07) is 4.44. The molecule has 0 saturated heterocycles. The number of carbonyl (C=O) groups is 1. The van der Waals surface area contributed by atoms with E-state index in [2.05, 4.69) is 23.3 Å². The highest BCUT2D eigenvalue weighted by Crippen LogP contribution is 2.32. The number of nitrogens with zero attached hydrogens (tertiary/aromatic N) is 2. The molecule has 0 amide bonds. The standard InChI is InChI=1S/C15H18N2OS/c1-11-13-5-8-19-15(13)4-7-17(11)10-14(18)12-3-6-16(2)9-12/h3,5-6,8-9,11H,4,7,10H2,1-2H3. The van der Waals surface area contributed by atoms with Crippen LogP contribution < -0.4 is 0 Å². The van der Waals surface area contributed by atoms with Gasteiger partial charge in [-0.3, -0.25) is 9.69 Å². The predicted molar refractivity (Wildman–Crippen MR) is 77.8 cm³/mol. The molecule has 1 atom stereocenters. The molecule has 3 heterocycles. The van der Waals surface area contributed by atoms with Crippen molar-refractivity contribution in [3.05, 3.63) is 45.9 Å². The third-order valence-electron chi connectivity index (χ3n) is 3.90. The van der Waals surface area contributed by atoms with Gasteiger partial charge in [0.05, 0.1) is 6.54 Å². The van der Waals surface area contributed by atoms with Crippen molar-refractivity contribution < 1.29 is 4.79 Å². The van der Waals surface area contributed by atoms with Gasteiger partial charge < -0.3 is 4.57 Å². The minimum Gasteiger partial charge on any atom is -0.357 e. The summed E-state index contributed by atoms with van der Waals surface area (Å²) in [5.41, 5.74) is 2.21. The summed E-state index contributed by atoms with van der Waals surface area (Å²) in [6.07, 6.45) is 4.89. The topological polar surface area (TPSA) is 25.2 Å². The van der Waals surface area contributed by atoms with Gasteiger partial charge in [-0.25, -0.2) is 0 Å². The van der Waals surface area contributed by atoms with Gasteiger partial charge in [0.25, 0.3) is 0 Å². The van der Waals surface area contributed by atoms with E-state index in [1.54, 1.807) is 0 Å². The van der Waals surface area contributed by atoms with Gasteiger partial charge in [0.2, 0.25) is 0 Å². The zero-order valence-corrected chi connectivity index (χ0v) is 12.1. The number of rotatable bonds is 3. The third-order valence-corrected chi connectivity index (χ3v) is 4.90. The second-order valence-electron chi connectivity index (χ2n) is 5.18. The predicted octanol–water partition coefficient (Wildman–Crippen LogP) is 2.89. The summed E-state index contributed by atoms with van der Waals surface area (Å²) in [5, 5.41) is 2.16. The summed E-state index contributed by atoms with van der Waals surface area (Å²) in [4.78, 5) is 16.0. The van der Waals surface area contributed by atoms with Crippen molar-refractivity contribution in [3.8, 4) is 0 Å². The van der Waals surface area contributed by atoms with Gasteiger partial charge in [-0.1, -0.05) is 0 Å². The number of hydrogen-bond donors (Lipinski definition) is 0. The van der Waals surface area contributed by atoms with Gasteiger partial charge in [0, 0.05) is 42.5 Å². The van der Waals surface area contributed by atoms with E-state index in [0.717, 1.165) is 18.5 Å². The van der Waals surface area contributed by atoms with Crippen molar-refractivity contribution in [2.75, 3.05) is 13.1 Å². The molecule has 2 aromatic heterocycles. The number of Topliss-reactive ketones (excluding diaryl/α,β-unsaturated/α-hetero) is 1. The Morgan fingerprint density at radius 2 is 2.32 bits per heavy atom. The molecule has 100 valence electrons. The van der Waals surface area contributed by atoms with Crippen LogP contribution in [0.3, 0.4) is 0 Å². The Labute approximate surface area is 117 Å². The van der Waals surface area contributed by atoms with Crippen LogP contribution >= 0.6 is 11.3 Å². The van der Waals surface area contributed by atoms with Crippen LogP contribution in [0.15, 0.2) is 29.9 Å². The summed E-state index contributed by atoms with van der Waals surface area (Å²) < 4.78 is 1.92. The lowest BCUT2D eigenvalue weighted by Crippen LogP contribution is -2.37. The second-order valence-corrected chi connectivity index (χ2v) is 6.19. The average Bonchev–Trinajstić information content (AvgIpc) is 3.01. The minimum atomic E-state index is 0.214. The second kappa shape index (κ2) is 4.94. The van der Waals surface area contributed by atoms with Gasteiger partial charge in [-0.05, 0) is 36.4 Å². The smallest absolute Gasteiger partial charge is 0.178 e. The first-order valence-corrected chi connectivity index (χ1v) is 7.48. The van der Waals surface area contributed by atoms with Crippen molar-refractivity contribution in [2.45, 2.75) is 19.4 Å². The SMILES string of the molecule is CC1c2ccsc2CCN1CC(=O)c1ccn(C)c1. The van der Waals surface area contributed by atoms with E-state index in [4.69, 9.17) is 0 Å². The monoisotopic (exact) mass is 274 g/mol. The molecule has 4 heteroatoms. The van der Waals surface area contributed by atoms with Crippen molar-refractivity contribution in [1.82, 2.24) is 9.47 Å². The molecule has 1 aliphatic heterocycles. The number of aromatic nitrogens is 1. The Hall–Kier alpha value is -1.39. The molecule has 1 aliphatic rings. The van der Waals surface area contributed by atoms with Crippen LogP contribution in [-0.4, -0.2) is 28.3 Å². The van der Waals surface area contributed by atoms with E-state index in [1.807, 2.05) is 41.4 Å². The molecule has 1 unspecified atom stereocenters. The average molecular weight is 274 g/mol. The molecule has 0 radical (unpaired) electrons. The van der Waals surface area contributed by atoms with E-state index in [-0.39, 0.29) is 5.78 Å². The van der Waals surface area contributed by atoms with Crippen LogP contribution in [0.2, 0.25) is 0 Å². The molecule has 2 aromatic rings. The molecular formula is C15H18N2OS. The summed E-state index contributed by atoms with van der Waals surface area (Å²) in [7, 11) is 1.94. The van der Waals surface area contributed by atoms with E-state index in [0.29, 0.717) is 12.6 Å². The van der Waals surface area contributed by atoms with E-state index in [1.165, 1.54) is 10.4 Å². The van der Waals surface area contributed by atoms with Crippen LogP contribution in [-0.2, 0) is 13.5 Å². The molecular weight excluding hydrogens is 256 g/mol. The highest BCUT2D eigenvalue weighted by Gasteiger charge is 2.26.